The number of hydrogen-bond donors (Lipinski definition) is 1. The molecule has 1 N–H and O–H groups in total. The van der Waals surface area contributed by atoms with E-state index in [2.05, 4.69) is 10.1 Å². The van der Waals surface area contributed by atoms with Gasteiger partial charge in [-0.3, -0.25) is 14.5 Å². The Bertz CT molecular complexity index is 1030. The lowest BCUT2D eigenvalue weighted by Gasteiger charge is -2.14. The molecule has 3 rings (SSSR count). The van der Waals surface area contributed by atoms with Crippen LogP contribution < -0.4 is 14.8 Å². The minimum atomic E-state index is -4.80. The van der Waals surface area contributed by atoms with Gasteiger partial charge in [0.2, 0.25) is 0 Å². The summed E-state index contributed by atoms with van der Waals surface area (Å²) >= 11 is 0. The number of nitrogens with one attached hydrogen (secondary N) is 1. The third-order valence-electron chi connectivity index (χ3n) is 4.70. The standard InChI is InChI=1S/C24H25F3N2O4/c1-4-13-29-22(30)20(16-5-9-18(10-6-16)32-14-15(2)3)21(23(29)31)28-17-7-11-19(12-8-17)33-24(25,26)27/h5-12,15,28H,4,13-14H2,1-3H3. The molecular weight excluding hydrogens is 437 g/mol. The number of nitrogens with zero attached hydrogens (tertiary/aromatic N) is 1. The summed E-state index contributed by atoms with van der Waals surface area (Å²) in [5.41, 5.74) is 1.13. The number of anilines is 1. The normalized spacial score (nSPS) is 14.3. The highest BCUT2D eigenvalue weighted by Gasteiger charge is 2.38. The minimum Gasteiger partial charge on any atom is -0.493 e. The fourth-order valence-electron chi connectivity index (χ4n) is 3.25. The van der Waals surface area contributed by atoms with Crippen molar-refractivity contribution in [2.75, 3.05) is 18.5 Å². The van der Waals surface area contributed by atoms with E-state index in [0.717, 1.165) is 17.0 Å². The van der Waals surface area contributed by atoms with Crippen LogP contribution in [-0.2, 0) is 9.59 Å². The zero-order valence-corrected chi connectivity index (χ0v) is 18.5. The van der Waals surface area contributed by atoms with Crippen molar-refractivity contribution >= 4 is 23.1 Å². The average Bonchev–Trinajstić information content (AvgIpc) is 2.97. The van der Waals surface area contributed by atoms with Crippen molar-refractivity contribution < 1.29 is 32.2 Å². The molecule has 0 bridgehead atoms. The summed E-state index contributed by atoms with van der Waals surface area (Å²) in [5.74, 6) is -0.316. The van der Waals surface area contributed by atoms with Crippen molar-refractivity contribution in [2.24, 2.45) is 5.92 Å². The number of amides is 2. The lowest BCUT2D eigenvalue weighted by Crippen LogP contribution is -2.33. The first-order chi connectivity index (χ1) is 15.6. The molecule has 0 atom stereocenters. The summed E-state index contributed by atoms with van der Waals surface area (Å²) in [6.45, 7) is 6.71. The van der Waals surface area contributed by atoms with Crippen molar-refractivity contribution in [1.82, 2.24) is 4.90 Å². The largest absolute Gasteiger partial charge is 0.573 e. The van der Waals surface area contributed by atoms with Crippen LogP contribution in [0, 0.1) is 5.92 Å². The number of rotatable bonds is 9. The highest BCUT2D eigenvalue weighted by atomic mass is 19.4. The van der Waals surface area contributed by atoms with E-state index in [4.69, 9.17) is 4.74 Å². The quantitative estimate of drug-likeness (QED) is 0.518. The molecule has 2 aromatic rings. The summed E-state index contributed by atoms with van der Waals surface area (Å²) in [7, 11) is 0. The molecule has 33 heavy (non-hydrogen) atoms. The lowest BCUT2D eigenvalue weighted by molar-refractivity contribution is -0.274. The van der Waals surface area contributed by atoms with Gasteiger partial charge in [-0.25, -0.2) is 0 Å². The van der Waals surface area contributed by atoms with Gasteiger partial charge in [0.25, 0.3) is 11.8 Å². The molecule has 0 unspecified atom stereocenters. The maximum Gasteiger partial charge on any atom is 0.573 e. The second kappa shape index (κ2) is 9.97. The first kappa shape index (κ1) is 24.2. The van der Waals surface area contributed by atoms with Gasteiger partial charge in [0.05, 0.1) is 12.2 Å². The highest BCUT2D eigenvalue weighted by Crippen LogP contribution is 2.32. The summed E-state index contributed by atoms with van der Waals surface area (Å²) in [6.07, 6.45) is -4.21. The third-order valence-corrected chi connectivity index (χ3v) is 4.70. The number of carbonyl (C=O) groups excluding carboxylic acids is 2. The molecule has 1 heterocycles. The molecule has 0 spiro atoms. The number of hydrogen-bond acceptors (Lipinski definition) is 5. The van der Waals surface area contributed by atoms with Crippen molar-refractivity contribution in [2.45, 2.75) is 33.6 Å². The predicted molar refractivity (Wildman–Crippen MR) is 117 cm³/mol. The minimum absolute atomic E-state index is 0.0637. The SMILES string of the molecule is CCCN1C(=O)C(Nc2ccc(OC(F)(F)F)cc2)=C(c2ccc(OCC(C)C)cc2)C1=O. The van der Waals surface area contributed by atoms with Crippen molar-refractivity contribution in [3.63, 3.8) is 0 Å². The molecule has 0 fully saturated rings. The Balaban J connectivity index is 1.90. The maximum absolute atomic E-state index is 13.0. The molecule has 0 saturated heterocycles. The van der Waals surface area contributed by atoms with Crippen molar-refractivity contribution in [3.05, 3.63) is 59.8 Å². The molecule has 2 amide bonds. The van der Waals surface area contributed by atoms with Crippen LogP contribution in [0.1, 0.15) is 32.8 Å². The Morgan fingerprint density at radius 3 is 2.09 bits per heavy atom. The highest BCUT2D eigenvalue weighted by molar-refractivity contribution is 6.36. The number of carbonyl (C=O) groups is 2. The molecular formula is C24H25F3N2O4. The lowest BCUT2D eigenvalue weighted by atomic mass is 10.0. The van der Waals surface area contributed by atoms with Gasteiger partial charge in [0.1, 0.15) is 17.2 Å². The number of imide groups is 1. The summed E-state index contributed by atoms with van der Waals surface area (Å²) in [5, 5.41) is 2.90. The van der Waals surface area contributed by atoms with Gasteiger partial charge in [-0.1, -0.05) is 32.9 Å². The number of halogens is 3. The Morgan fingerprint density at radius 1 is 0.939 bits per heavy atom. The van der Waals surface area contributed by atoms with Crippen LogP contribution >= 0.6 is 0 Å². The third kappa shape index (κ3) is 6.06. The number of alkyl halides is 3. The van der Waals surface area contributed by atoms with Gasteiger partial charge in [-0.05, 0) is 54.3 Å². The number of ether oxygens (including phenoxy) is 2. The Labute approximate surface area is 190 Å². The van der Waals surface area contributed by atoms with E-state index in [1.54, 1.807) is 24.3 Å². The summed E-state index contributed by atoms with van der Waals surface area (Å²) < 4.78 is 46.7. The monoisotopic (exact) mass is 462 g/mol. The first-order valence-electron chi connectivity index (χ1n) is 10.6. The average molecular weight is 462 g/mol. The maximum atomic E-state index is 13.0. The van der Waals surface area contributed by atoms with Crippen LogP contribution in [0.3, 0.4) is 0 Å². The fourth-order valence-corrected chi connectivity index (χ4v) is 3.25. The van der Waals surface area contributed by atoms with Crippen LogP contribution in [0.5, 0.6) is 11.5 Å². The second-order valence-corrected chi connectivity index (χ2v) is 7.94. The van der Waals surface area contributed by atoms with E-state index in [1.807, 2.05) is 20.8 Å². The van der Waals surface area contributed by atoms with Crippen LogP contribution in [0.4, 0.5) is 18.9 Å². The number of benzene rings is 2. The van der Waals surface area contributed by atoms with Crippen LogP contribution in [0.25, 0.3) is 5.57 Å². The first-order valence-corrected chi connectivity index (χ1v) is 10.6. The zero-order valence-electron chi connectivity index (χ0n) is 18.5. The van der Waals surface area contributed by atoms with Crippen molar-refractivity contribution in [3.8, 4) is 11.5 Å². The van der Waals surface area contributed by atoms with Gasteiger partial charge in [-0.15, -0.1) is 13.2 Å². The summed E-state index contributed by atoms with van der Waals surface area (Å²) in [6, 6.07) is 11.8. The van der Waals surface area contributed by atoms with Crippen LogP contribution in [0.15, 0.2) is 54.2 Å². The predicted octanol–water partition coefficient (Wildman–Crippen LogP) is 5.22. The fraction of sp³-hybridized carbons (Fsp3) is 0.333. The van der Waals surface area contributed by atoms with Gasteiger partial charge in [0.15, 0.2) is 0 Å². The topological polar surface area (TPSA) is 67.9 Å². The van der Waals surface area contributed by atoms with Gasteiger partial charge >= 0.3 is 6.36 Å². The van der Waals surface area contributed by atoms with E-state index in [-0.39, 0.29) is 23.6 Å². The molecule has 176 valence electrons. The van der Waals surface area contributed by atoms with E-state index in [9.17, 15) is 22.8 Å². The van der Waals surface area contributed by atoms with E-state index in [0.29, 0.717) is 35.9 Å². The zero-order chi connectivity index (χ0) is 24.2. The smallest absolute Gasteiger partial charge is 0.493 e. The molecule has 1 aliphatic rings. The van der Waals surface area contributed by atoms with Crippen LogP contribution in [0.2, 0.25) is 0 Å². The molecule has 0 radical (unpaired) electrons. The van der Waals surface area contributed by atoms with E-state index in [1.165, 1.54) is 12.1 Å². The van der Waals surface area contributed by atoms with Gasteiger partial charge in [-0.2, -0.15) is 0 Å². The Kier molecular flexibility index (Phi) is 7.30. The molecule has 0 saturated carbocycles. The van der Waals surface area contributed by atoms with E-state index >= 15 is 0 Å². The molecule has 1 aliphatic heterocycles. The van der Waals surface area contributed by atoms with Gasteiger partial charge in [0, 0.05) is 12.2 Å². The summed E-state index contributed by atoms with van der Waals surface area (Å²) in [4.78, 5) is 27.2. The molecule has 9 heteroatoms. The molecule has 0 aliphatic carbocycles. The molecule has 6 nitrogen and oxygen atoms in total. The van der Waals surface area contributed by atoms with Crippen molar-refractivity contribution in [1.29, 1.82) is 0 Å². The molecule has 0 aromatic heterocycles. The van der Waals surface area contributed by atoms with Gasteiger partial charge < -0.3 is 14.8 Å². The molecule has 2 aromatic carbocycles. The van der Waals surface area contributed by atoms with Crippen LogP contribution in [-0.4, -0.2) is 36.2 Å². The second-order valence-electron chi connectivity index (χ2n) is 7.94. The Hall–Kier alpha value is -3.49. The Morgan fingerprint density at radius 2 is 1.55 bits per heavy atom. The van der Waals surface area contributed by atoms with E-state index < -0.39 is 18.2 Å².